The summed E-state index contributed by atoms with van der Waals surface area (Å²) >= 11 is 3.45. The predicted octanol–water partition coefficient (Wildman–Crippen LogP) is 3.14. The molecule has 4 nitrogen and oxygen atoms in total. The van der Waals surface area contributed by atoms with Crippen molar-refractivity contribution >= 4 is 21.9 Å². The molecule has 1 heterocycles. The molecule has 20 heavy (non-hydrogen) atoms. The predicted molar refractivity (Wildman–Crippen MR) is 80.9 cm³/mol. The smallest absolute Gasteiger partial charge is 0.320 e. The Kier molecular flexibility index (Phi) is 5.05. The highest BCUT2D eigenvalue weighted by molar-refractivity contribution is 9.10. The van der Waals surface area contributed by atoms with E-state index in [2.05, 4.69) is 22.9 Å². The summed E-state index contributed by atoms with van der Waals surface area (Å²) in [5.41, 5.74) is 1.02. The summed E-state index contributed by atoms with van der Waals surface area (Å²) in [4.78, 5) is 13.5. The number of aliphatic carboxylic acids is 1. The molecular weight excluding hydrogens is 322 g/mol. The van der Waals surface area contributed by atoms with E-state index in [-0.39, 0.29) is 0 Å². The zero-order valence-corrected chi connectivity index (χ0v) is 13.4. The number of ether oxygens (including phenoxy) is 1. The normalized spacial score (nSPS) is 23.6. The first-order chi connectivity index (χ1) is 9.51. The Morgan fingerprint density at radius 1 is 1.55 bits per heavy atom. The van der Waals surface area contributed by atoms with Gasteiger partial charge in [0.2, 0.25) is 0 Å². The van der Waals surface area contributed by atoms with Crippen LogP contribution in [0, 0.1) is 5.92 Å². The third-order valence-electron chi connectivity index (χ3n) is 3.88. The summed E-state index contributed by atoms with van der Waals surface area (Å²) in [5.74, 6) is 0.540. The largest absolute Gasteiger partial charge is 0.496 e. The third kappa shape index (κ3) is 3.52. The first kappa shape index (κ1) is 15.3. The van der Waals surface area contributed by atoms with Crippen LogP contribution in [0.2, 0.25) is 0 Å². The van der Waals surface area contributed by atoms with Crippen molar-refractivity contribution in [3.05, 3.63) is 28.2 Å². The van der Waals surface area contributed by atoms with Gasteiger partial charge in [0.05, 0.1) is 7.11 Å². The van der Waals surface area contributed by atoms with Crippen LogP contribution in [0.3, 0.4) is 0 Å². The second kappa shape index (κ2) is 6.59. The highest BCUT2D eigenvalue weighted by Gasteiger charge is 2.31. The highest BCUT2D eigenvalue weighted by Crippen LogP contribution is 2.29. The van der Waals surface area contributed by atoms with E-state index in [9.17, 15) is 9.90 Å². The Morgan fingerprint density at radius 2 is 2.30 bits per heavy atom. The summed E-state index contributed by atoms with van der Waals surface area (Å²) < 4.78 is 6.34. The molecule has 0 amide bonds. The van der Waals surface area contributed by atoms with Gasteiger partial charge in [-0.2, -0.15) is 0 Å². The van der Waals surface area contributed by atoms with Gasteiger partial charge in [-0.1, -0.05) is 22.9 Å². The number of halogens is 1. The fourth-order valence-corrected chi connectivity index (χ4v) is 3.13. The summed E-state index contributed by atoms with van der Waals surface area (Å²) in [6.07, 6.45) is 1.76. The molecule has 0 saturated carbocycles. The Bertz CT molecular complexity index is 492. The van der Waals surface area contributed by atoms with E-state index in [1.807, 2.05) is 23.1 Å². The Morgan fingerprint density at radius 3 is 2.95 bits per heavy atom. The average molecular weight is 342 g/mol. The first-order valence-electron chi connectivity index (χ1n) is 6.80. The molecule has 5 heteroatoms. The van der Waals surface area contributed by atoms with Crippen LogP contribution >= 0.6 is 15.9 Å². The van der Waals surface area contributed by atoms with Gasteiger partial charge in [0.1, 0.15) is 11.8 Å². The molecule has 1 aromatic carbocycles. The van der Waals surface area contributed by atoms with Crippen LogP contribution in [0.1, 0.15) is 25.3 Å². The van der Waals surface area contributed by atoms with E-state index in [0.29, 0.717) is 18.9 Å². The van der Waals surface area contributed by atoms with Crippen LogP contribution in [-0.2, 0) is 11.3 Å². The van der Waals surface area contributed by atoms with Gasteiger partial charge in [0, 0.05) is 16.6 Å². The van der Waals surface area contributed by atoms with Gasteiger partial charge in [0.25, 0.3) is 0 Å². The molecule has 1 aromatic rings. The number of likely N-dealkylation sites (tertiary alicyclic amines) is 1. The maximum atomic E-state index is 11.4. The fourth-order valence-electron chi connectivity index (χ4n) is 2.73. The van der Waals surface area contributed by atoms with E-state index in [4.69, 9.17) is 4.74 Å². The van der Waals surface area contributed by atoms with Crippen molar-refractivity contribution in [1.82, 2.24) is 4.90 Å². The SMILES string of the molecule is COc1ccc(Br)cc1CN1CCC(C)CC1C(=O)O. The number of benzene rings is 1. The summed E-state index contributed by atoms with van der Waals surface area (Å²) in [7, 11) is 1.64. The summed E-state index contributed by atoms with van der Waals surface area (Å²) in [6, 6.07) is 5.43. The lowest BCUT2D eigenvalue weighted by molar-refractivity contribution is -0.145. The van der Waals surface area contributed by atoms with Gasteiger partial charge in [0.15, 0.2) is 0 Å². The van der Waals surface area contributed by atoms with Crippen LogP contribution in [0.25, 0.3) is 0 Å². The van der Waals surface area contributed by atoms with Gasteiger partial charge in [-0.3, -0.25) is 9.69 Å². The maximum absolute atomic E-state index is 11.4. The molecule has 0 bridgehead atoms. The second-order valence-electron chi connectivity index (χ2n) is 5.41. The molecule has 2 rings (SSSR count). The molecule has 1 saturated heterocycles. The van der Waals surface area contributed by atoms with E-state index in [1.165, 1.54) is 0 Å². The molecule has 2 atom stereocenters. The van der Waals surface area contributed by atoms with Gasteiger partial charge in [-0.25, -0.2) is 0 Å². The standard InChI is InChI=1S/C15H20BrNO3/c1-10-5-6-17(13(7-10)15(18)19)9-11-8-12(16)3-4-14(11)20-2/h3-4,8,10,13H,5-7,9H2,1-2H3,(H,18,19). The van der Waals surface area contributed by atoms with Gasteiger partial charge in [-0.05, 0) is 43.5 Å². The van der Waals surface area contributed by atoms with Gasteiger partial charge >= 0.3 is 5.97 Å². The van der Waals surface area contributed by atoms with Crippen molar-refractivity contribution in [2.75, 3.05) is 13.7 Å². The topological polar surface area (TPSA) is 49.8 Å². The molecule has 0 radical (unpaired) electrons. The molecular formula is C15H20BrNO3. The van der Waals surface area contributed by atoms with Crippen LogP contribution in [-0.4, -0.2) is 35.7 Å². The van der Waals surface area contributed by atoms with Crippen LogP contribution in [0.5, 0.6) is 5.75 Å². The number of hydrogen-bond donors (Lipinski definition) is 1. The number of nitrogens with zero attached hydrogens (tertiary/aromatic N) is 1. The number of carboxylic acid groups (broad SMARTS) is 1. The molecule has 2 unspecified atom stereocenters. The number of methoxy groups -OCH3 is 1. The Balaban J connectivity index is 2.19. The monoisotopic (exact) mass is 341 g/mol. The molecule has 1 N–H and O–H groups in total. The van der Waals surface area contributed by atoms with Crippen LogP contribution in [0.4, 0.5) is 0 Å². The van der Waals surface area contributed by atoms with E-state index >= 15 is 0 Å². The van der Waals surface area contributed by atoms with Gasteiger partial charge < -0.3 is 9.84 Å². The first-order valence-corrected chi connectivity index (χ1v) is 7.60. The fraction of sp³-hybridized carbons (Fsp3) is 0.533. The zero-order valence-electron chi connectivity index (χ0n) is 11.8. The minimum atomic E-state index is -0.731. The zero-order chi connectivity index (χ0) is 14.7. The quantitative estimate of drug-likeness (QED) is 0.913. The Labute approximate surface area is 127 Å². The van der Waals surface area contributed by atoms with E-state index in [1.54, 1.807) is 7.11 Å². The number of rotatable bonds is 4. The molecule has 1 aliphatic rings. The van der Waals surface area contributed by atoms with Crippen LogP contribution < -0.4 is 4.74 Å². The Hall–Kier alpha value is -1.07. The summed E-state index contributed by atoms with van der Waals surface area (Å²) in [6.45, 7) is 3.53. The number of piperidine rings is 1. The van der Waals surface area contributed by atoms with Crippen molar-refractivity contribution < 1.29 is 14.6 Å². The molecule has 110 valence electrons. The molecule has 1 aliphatic heterocycles. The van der Waals surface area contributed by atoms with Crippen molar-refractivity contribution in [2.45, 2.75) is 32.4 Å². The summed E-state index contributed by atoms with van der Waals surface area (Å²) in [5, 5.41) is 9.40. The lowest BCUT2D eigenvalue weighted by atomic mass is 9.92. The third-order valence-corrected chi connectivity index (χ3v) is 4.37. The lowest BCUT2D eigenvalue weighted by Crippen LogP contribution is -2.46. The van der Waals surface area contributed by atoms with E-state index < -0.39 is 12.0 Å². The maximum Gasteiger partial charge on any atom is 0.320 e. The minimum Gasteiger partial charge on any atom is -0.496 e. The number of hydrogen-bond acceptors (Lipinski definition) is 3. The minimum absolute atomic E-state index is 0.401. The second-order valence-corrected chi connectivity index (χ2v) is 6.33. The molecule has 0 aromatic heterocycles. The number of carboxylic acids is 1. The van der Waals surface area contributed by atoms with E-state index in [0.717, 1.165) is 28.8 Å². The molecule has 1 fully saturated rings. The van der Waals surface area contributed by atoms with Crippen molar-refractivity contribution in [3.8, 4) is 5.75 Å². The number of carbonyl (C=O) groups is 1. The molecule has 0 spiro atoms. The molecule has 0 aliphatic carbocycles. The van der Waals surface area contributed by atoms with Gasteiger partial charge in [-0.15, -0.1) is 0 Å². The average Bonchev–Trinajstić information content (AvgIpc) is 2.41. The van der Waals surface area contributed by atoms with Crippen molar-refractivity contribution in [1.29, 1.82) is 0 Å². The van der Waals surface area contributed by atoms with Crippen molar-refractivity contribution in [3.63, 3.8) is 0 Å². The van der Waals surface area contributed by atoms with Crippen molar-refractivity contribution in [2.24, 2.45) is 5.92 Å². The lowest BCUT2D eigenvalue weighted by Gasteiger charge is -2.36. The van der Waals surface area contributed by atoms with Crippen LogP contribution in [0.15, 0.2) is 22.7 Å². The highest BCUT2D eigenvalue weighted by atomic mass is 79.9.